The van der Waals surface area contributed by atoms with Crippen LogP contribution >= 0.6 is 0 Å². The molecule has 0 aliphatic heterocycles. The number of nitrogens with one attached hydrogen (secondary N) is 1. The molecule has 62 valence electrons. The summed E-state index contributed by atoms with van der Waals surface area (Å²) in [5.41, 5.74) is 7.71. The van der Waals surface area contributed by atoms with Crippen LogP contribution in [-0.4, -0.2) is 9.97 Å². The summed E-state index contributed by atoms with van der Waals surface area (Å²) >= 11 is 0. The van der Waals surface area contributed by atoms with Gasteiger partial charge in [0.05, 0.1) is 17.7 Å². The van der Waals surface area contributed by atoms with Crippen molar-refractivity contribution in [1.82, 2.24) is 9.97 Å². The van der Waals surface area contributed by atoms with Crippen molar-refractivity contribution in [1.29, 1.82) is 0 Å². The van der Waals surface area contributed by atoms with Gasteiger partial charge < -0.3 is 10.7 Å². The first-order valence-electron chi connectivity index (χ1n) is 4.09. The van der Waals surface area contributed by atoms with Crippen molar-refractivity contribution in [2.24, 2.45) is 5.73 Å². The van der Waals surface area contributed by atoms with E-state index in [1.807, 2.05) is 0 Å². The number of nitrogens with two attached hydrogens (primary N) is 1. The van der Waals surface area contributed by atoms with Gasteiger partial charge in [0.2, 0.25) is 0 Å². The number of unbranched alkanes of at least 4 members (excludes halogenated alkanes) is 1. The lowest BCUT2D eigenvalue weighted by atomic mass is 10.2. The van der Waals surface area contributed by atoms with Crippen LogP contribution < -0.4 is 5.73 Å². The van der Waals surface area contributed by atoms with Gasteiger partial charge in [0.25, 0.3) is 0 Å². The third kappa shape index (κ3) is 2.05. The van der Waals surface area contributed by atoms with Gasteiger partial charge in [0.15, 0.2) is 0 Å². The molecule has 3 nitrogen and oxygen atoms in total. The molecule has 1 heterocycles. The normalized spacial score (nSPS) is 10.4. The highest BCUT2D eigenvalue weighted by Gasteiger charge is 2.01. The lowest BCUT2D eigenvalue weighted by Crippen LogP contribution is -2.00. The molecular formula is C8H15N3. The Morgan fingerprint density at radius 1 is 1.64 bits per heavy atom. The molecule has 1 aromatic rings. The minimum absolute atomic E-state index is 0.568. The molecule has 3 N–H and O–H groups in total. The molecule has 0 aliphatic rings. The van der Waals surface area contributed by atoms with Crippen LogP contribution in [0.15, 0.2) is 6.33 Å². The van der Waals surface area contributed by atoms with E-state index < -0.39 is 0 Å². The van der Waals surface area contributed by atoms with E-state index in [-0.39, 0.29) is 0 Å². The molecule has 0 amide bonds. The summed E-state index contributed by atoms with van der Waals surface area (Å²) in [6.07, 6.45) is 5.16. The van der Waals surface area contributed by atoms with Gasteiger partial charge in [-0.1, -0.05) is 13.3 Å². The van der Waals surface area contributed by atoms with E-state index in [0.717, 1.165) is 17.8 Å². The lowest BCUT2D eigenvalue weighted by Gasteiger charge is -1.97. The molecule has 0 unspecified atom stereocenters. The molecule has 1 rings (SSSR count). The minimum Gasteiger partial charge on any atom is -0.347 e. The van der Waals surface area contributed by atoms with E-state index in [9.17, 15) is 0 Å². The SMILES string of the molecule is CCCCc1nc[nH]c1CN. The quantitative estimate of drug-likeness (QED) is 0.683. The molecule has 0 spiro atoms. The Morgan fingerprint density at radius 3 is 3.09 bits per heavy atom. The van der Waals surface area contributed by atoms with E-state index in [2.05, 4.69) is 16.9 Å². The van der Waals surface area contributed by atoms with E-state index in [1.54, 1.807) is 6.33 Å². The molecule has 0 bridgehead atoms. The summed E-state index contributed by atoms with van der Waals surface area (Å²) in [5, 5.41) is 0. The zero-order valence-corrected chi connectivity index (χ0v) is 6.93. The second-order valence-electron chi connectivity index (χ2n) is 2.64. The van der Waals surface area contributed by atoms with Crippen molar-refractivity contribution >= 4 is 0 Å². The Hall–Kier alpha value is -0.830. The third-order valence-electron chi connectivity index (χ3n) is 1.78. The zero-order chi connectivity index (χ0) is 8.10. The van der Waals surface area contributed by atoms with Crippen LogP contribution in [0.2, 0.25) is 0 Å². The second kappa shape index (κ2) is 4.13. The van der Waals surface area contributed by atoms with E-state index in [4.69, 9.17) is 5.73 Å². The molecular weight excluding hydrogens is 138 g/mol. The molecule has 1 aromatic heterocycles. The molecule has 3 heteroatoms. The summed E-state index contributed by atoms with van der Waals surface area (Å²) in [7, 11) is 0. The highest BCUT2D eigenvalue weighted by atomic mass is 14.9. The summed E-state index contributed by atoms with van der Waals surface area (Å²) in [4.78, 5) is 7.22. The number of hydrogen-bond donors (Lipinski definition) is 2. The van der Waals surface area contributed by atoms with E-state index in [0.29, 0.717) is 6.54 Å². The number of H-pyrrole nitrogens is 1. The fraction of sp³-hybridized carbons (Fsp3) is 0.625. The van der Waals surface area contributed by atoms with E-state index in [1.165, 1.54) is 12.8 Å². The van der Waals surface area contributed by atoms with Gasteiger partial charge in [0.1, 0.15) is 0 Å². The monoisotopic (exact) mass is 153 g/mol. The number of nitrogens with zero attached hydrogens (tertiary/aromatic N) is 1. The van der Waals surface area contributed by atoms with Crippen LogP contribution in [0.3, 0.4) is 0 Å². The standard InChI is InChI=1S/C8H15N3/c1-2-3-4-7-8(5-9)11-6-10-7/h6H,2-5,9H2,1H3,(H,10,11). The van der Waals surface area contributed by atoms with E-state index >= 15 is 0 Å². The van der Waals surface area contributed by atoms with Crippen molar-refractivity contribution < 1.29 is 0 Å². The first-order valence-corrected chi connectivity index (χ1v) is 4.09. The smallest absolute Gasteiger partial charge is 0.0925 e. The maximum atomic E-state index is 5.50. The summed E-state index contributed by atoms with van der Waals surface area (Å²) in [6, 6.07) is 0. The Balaban J connectivity index is 2.54. The Kier molecular flexibility index (Phi) is 3.11. The number of aromatic amines is 1. The molecule has 11 heavy (non-hydrogen) atoms. The van der Waals surface area contributed by atoms with Gasteiger partial charge in [-0.25, -0.2) is 4.98 Å². The summed E-state index contributed by atoms with van der Waals surface area (Å²) in [6.45, 7) is 2.74. The number of aryl methyl sites for hydroxylation is 1. The highest BCUT2D eigenvalue weighted by molar-refractivity contribution is 5.10. The molecule has 0 saturated heterocycles. The maximum Gasteiger partial charge on any atom is 0.0925 e. The van der Waals surface area contributed by atoms with Gasteiger partial charge in [0, 0.05) is 6.54 Å². The number of imidazole rings is 1. The van der Waals surface area contributed by atoms with Crippen molar-refractivity contribution in [3.05, 3.63) is 17.7 Å². The van der Waals surface area contributed by atoms with Crippen molar-refractivity contribution in [2.75, 3.05) is 0 Å². The van der Waals surface area contributed by atoms with Crippen LogP contribution in [-0.2, 0) is 13.0 Å². The predicted molar refractivity (Wildman–Crippen MR) is 45.1 cm³/mol. The van der Waals surface area contributed by atoms with Crippen molar-refractivity contribution in [2.45, 2.75) is 32.7 Å². The largest absolute Gasteiger partial charge is 0.347 e. The highest BCUT2D eigenvalue weighted by Crippen LogP contribution is 2.05. The molecule has 0 aliphatic carbocycles. The van der Waals surface area contributed by atoms with Crippen LogP contribution in [0.1, 0.15) is 31.2 Å². The number of rotatable bonds is 4. The maximum absolute atomic E-state index is 5.50. The summed E-state index contributed by atoms with van der Waals surface area (Å²) in [5.74, 6) is 0. The van der Waals surface area contributed by atoms with Gasteiger partial charge in [-0.3, -0.25) is 0 Å². The van der Waals surface area contributed by atoms with Crippen LogP contribution in [0.4, 0.5) is 0 Å². The Bertz CT molecular complexity index is 205. The predicted octanol–water partition coefficient (Wildman–Crippen LogP) is 1.21. The van der Waals surface area contributed by atoms with Gasteiger partial charge in [-0.2, -0.15) is 0 Å². The van der Waals surface area contributed by atoms with Gasteiger partial charge >= 0.3 is 0 Å². The van der Waals surface area contributed by atoms with Crippen molar-refractivity contribution in [3.63, 3.8) is 0 Å². The van der Waals surface area contributed by atoms with Crippen LogP contribution in [0, 0.1) is 0 Å². The second-order valence-corrected chi connectivity index (χ2v) is 2.64. The molecule has 0 atom stereocenters. The van der Waals surface area contributed by atoms with Gasteiger partial charge in [-0.15, -0.1) is 0 Å². The topological polar surface area (TPSA) is 54.7 Å². The van der Waals surface area contributed by atoms with Gasteiger partial charge in [-0.05, 0) is 12.8 Å². The molecule has 0 radical (unpaired) electrons. The van der Waals surface area contributed by atoms with Crippen molar-refractivity contribution in [3.8, 4) is 0 Å². The fourth-order valence-corrected chi connectivity index (χ4v) is 1.09. The number of aromatic nitrogens is 2. The average Bonchev–Trinajstić information content (AvgIpc) is 2.47. The first-order chi connectivity index (χ1) is 5.38. The average molecular weight is 153 g/mol. The minimum atomic E-state index is 0.568. The summed E-state index contributed by atoms with van der Waals surface area (Å²) < 4.78 is 0. The molecule has 0 aromatic carbocycles. The molecule has 0 fully saturated rings. The first kappa shape index (κ1) is 8.27. The molecule has 0 saturated carbocycles. The fourth-order valence-electron chi connectivity index (χ4n) is 1.09. The Labute approximate surface area is 67.0 Å². The Morgan fingerprint density at radius 2 is 2.45 bits per heavy atom. The van der Waals surface area contributed by atoms with Crippen LogP contribution in [0.5, 0.6) is 0 Å². The number of hydrogen-bond acceptors (Lipinski definition) is 2. The lowest BCUT2D eigenvalue weighted by molar-refractivity contribution is 0.769. The van der Waals surface area contributed by atoms with Crippen LogP contribution in [0.25, 0.3) is 0 Å². The third-order valence-corrected chi connectivity index (χ3v) is 1.78. The zero-order valence-electron chi connectivity index (χ0n) is 6.93.